The van der Waals surface area contributed by atoms with Gasteiger partial charge in [-0.2, -0.15) is 5.10 Å². The van der Waals surface area contributed by atoms with Crippen LogP contribution >= 0.6 is 23.2 Å². The third-order valence-electron chi connectivity index (χ3n) is 3.40. The lowest BCUT2D eigenvalue weighted by Gasteiger charge is -2.19. The van der Waals surface area contributed by atoms with Crippen LogP contribution in [0.4, 0.5) is 0 Å². The van der Waals surface area contributed by atoms with E-state index in [1.807, 2.05) is 6.07 Å². The fraction of sp³-hybridized carbons (Fsp3) is 0.385. The van der Waals surface area contributed by atoms with E-state index in [4.69, 9.17) is 23.2 Å². The van der Waals surface area contributed by atoms with Gasteiger partial charge in [0.2, 0.25) is 0 Å². The first-order valence-corrected chi connectivity index (χ1v) is 7.08. The number of nitrogens with zero attached hydrogens (tertiary/aromatic N) is 2. The lowest BCUT2D eigenvalue weighted by atomic mass is 9.98. The highest BCUT2D eigenvalue weighted by Gasteiger charge is 2.19. The molecule has 1 aliphatic rings. The summed E-state index contributed by atoms with van der Waals surface area (Å²) in [6.45, 7) is 2.06. The summed E-state index contributed by atoms with van der Waals surface area (Å²) in [5.74, 6) is 2.03. The van der Waals surface area contributed by atoms with Crippen LogP contribution in [0, 0.1) is 0 Å². The third-order valence-corrected chi connectivity index (χ3v) is 3.95. The summed E-state index contributed by atoms with van der Waals surface area (Å²) in [5, 5.41) is 11.8. The molecule has 19 heavy (non-hydrogen) atoms. The van der Waals surface area contributed by atoms with E-state index in [1.165, 1.54) is 0 Å². The van der Waals surface area contributed by atoms with Crippen LogP contribution in [0.2, 0.25) is 10.0 Å². The number of hydrogen-bond acceptors (Lipinski definition) is 3. The molecule has 0 unspecified atom stereocenters. The maximum absolute atomic E-state index is 6.17. The number of aromatic amines is 1. The van der Waals surface area contributed by atoms with Gasteiger partial charge in [-0.15, -0.1) is 0 Å². The van der Waals surface area contributed by atoms with E-state index in [-0.39, 0.29) is 0 Å². The van der Waals surface area contributed by atoms with Crippen molar-refractivity contribution in [3.8, 4) is 11.4 Å². The Morgan fingerprint density at radius 3 is 2.68 bits per heavy atom. The second-order valence-electron chi connectivity index (χ2n) is 4.69. The van der Waals surface area contributed by atoms with E-state index in [1.54, 1.807) is 12.1 Å². The molecule has 1 fully saturated rings. The van der Waals surface area contributed by atoms with Crippen molar-refractivity contribution in [1.82, 2.24) is 20.5 Å². The van der Waals surface area contributed by atoms with Gasteiger partial charge in [-0.25, -0.2) is 4.98 Å². The lowest BCUT2D eigenvalue weighted by molar-refractivity contribution is 0.446. The molecule has 4 nitrogen and oxygen atoms in total. The van der Waals surface area contributed by atoms with Gasteiger partial charge in [-0.1, -0.05) is 23.2 Å². The zero-order valence-corrected chi connectivity index (χ0v) is 11.8. The summed E-state index contributed by atoms with van der Waals surface area (Å²) in [5.41, 5.74) is 0.808. The molecule has 2 heterocycles. The molecule has 100 valence electrons. The van der Waals surface area contributed by atoms with Crippen molar-refractivity contribution < 1.29 is 0 Å². The molecule has 0 spiro atoms. The van der Waals surface area contributed by atoms with Crippen LogP contribution in [0.5, 0.6) is 0 Å². The van der Waals surface area contributed by atoms with Crippen LogP contribution < -0.4 is 5.32 Å². The first-order valence-electron chi connectivity index (χ1n) is 6.32. The van der Waals surface area contributed by atoms with Crippen LogP contribution in [-0.2, 0) is 0 Å². The van der Waals surface area contributed by atoms with E-state index in [2.05, 4.69) is 20.5 Å². The molecule has 3 rings (SSSR count). The monoisotopic (exact) mass is 296 g/mol. The Kier molecular flexibility index (Phi) is 3.73. The molecular weight excluding hydrogens is 283 g/mol. The van der Waals surface area contributed by atoms with Gasteiger partial charge >= 0.3 is 0 Å². The smallest absolute Gasteiger partial charge is 0.182 e. The standard InChI is InChI=1S/C13H14Cl2N4/c14-9-1-2-10(11(15)7-9)13-17-12(18-19-13)8-3-5-16-6-4-8/h1-2,7-8,16H,3-6H2,(H,17,18,19). The summed E-state index contributed by atoms with van der Waals surface area (Å²) in [4.78, 5) is 4.57. The molecule has 0 saturated carbocycles. The molecule has 1 aliphatic heterocycles. The quantitative estimate of drug-likeness (QED) is 0.894. The van der Waals surface area contributed by atoms with Gasteiger partial charge in [0, 0.05) is 16.5 Å². The Bertz CT molecular complexity index is 576. The fourth-order valence-electron chi connectivity index (χ4n) is 2.34. The summed E-state index contributed by atoms with van der Waals surface area (Å²) >= 11 is 12.1. The van der Waals surface area contributed by atoms with Gasteiger partial charge in [0.1, 0.15) is 5.82 Å². The number of nitrogens with one attached hydrogen (secondary N) is 2. The molecule has 6 heteroatoms. The van der Waals surface area contributed by atoms with Crippen molar-refractivity contribution in [1.29, 1.82) is 0 Å². The van der Waals surface area contributed by atoms with Gasteiger partial charge in [0.15, 0.2) is 5.82 Å². The van der Waals surface area contributed by atoms with Gasteiger partial charge < -0.3 is 5.32 Å². The Balaban J connectivity index is 1.87. The summed E-state index contributed by atoms with van der Waals surface area (Å²) in [6, 6.07) is 5.35. The predicted molar refractivity (Wildman–Crippen MR) is 76.7 cm³/mol. The highest BCUT2D eigenvalue weighted by atomic mass is 35.5. The van der Waals surface area contributed by atoms with Crippen molar-refractivity contribution in [3.63, 3.8) is 0 Å². The molecule has 0 radical (unpaired) electrons. The van der Waals surface area contributed by atoms with E-state index >= 15 is 0 Å². The minimum absolute atomic E-state index is 0.452. The molecule has 1 aromatic carbocycles. The third kappa shape index (κ3) is 2.76. The Labute approximate surface area is 121 Å². The number of aromatic nitrogens is 3. The van der Waals surface area contributed by atoms with Gasteiger partial charge in [0.05, 0.1) is 5.02 Å². The van der Waals surface area contributed by atoms with Crippen LogP contribution in [0.3, 0.4) is 0 Å². The van der Waals surface area contributed by atoms with Crippen LogP contribution in [-0.4, -0.2) is 28.3 Å². The van der Waals surface area contributed by atoms with Crippen molar-refractivity contribution in [2.45, 2.75) is 18.8 Å². The van der Waals surface area contributed by atoms with Gasteiger partial charge in [-0.3, -0.25) is 5.10 Å². The van der Waals surface area contributed by atoms with Crippen molar-refractivity contribution in [3.05, 3.63) is 34.1 Å². The second-order valence-corrected chi connectivity index (χ2v) is 5.54. The molecule has 0 aliphatic carbocycles. The van der Waals surface area contributed by atoms with Crippen LogP contribution in [0.25, 0.3) is 11.4 Å². The Morgan fingerprint density at radius 1 is 1.16 bits per heavy atom. The zero-order valence-electron chi connectivity index (χ0n) is 10.3. The predicted octanol–water partition coefficient (Wildman–Crippen LogP) is 3.25. The molecule has 0 bridgehead atoms. The maximum Gasteiger partial charge on any atom is 0.182 e. The van der Waals surface area contributed by atoms with E-state index in [0.717, 1.165) is 37.3 Å². The highest BCUT2D eigenvalue weighted by Crippen LogP contribution is 2.29. The molecule has 1 saturated heterocycles. The van der Waals surface area contributed by atoms with Crippen LogP contribution in [0.1, 0.15) is 24.6 Å². The highest BCUT2D eigenvalue weighted by molar-refractivity contribution is 6.36. The molecule has 0 amide bonds. The average molecular weight is 297 g/mol. The summed E-state index contributed by atoms with van der Waals surface area (Å²) in [7, 11) is 0. The normalized spacial score (nSPS) is 16.7. The number of H-pyrrole nitrogens is 1. The minimum Gasteiger partial charge on any atom is -0.317 e. The number of rotatable bonds is 2. The first kappa shape index (κ1) is 12.9. The second kappa shape index (κ2) is 5.49. The van der Waals surface area contributed by atoms with E-state index in [0.29, 0.717) is 21.8 Å². The minimum atomic E-state index is 0.452. The SMILES string of the molecule is Clc1ccc(-c2n[nH]c(C3CCNCC3)n2)c(Cl)c1. The summed E-state index contributed by atoms with van der Waals surface area (Å²) < 4.78 is 0. The van der Waals surface area contributed by atoms with Crippen LogP contribution in [0.15, 0.2) is 18.2 Å². The Morgan fingerprint density at radius 2 is 1.95 bits per heavy atom. The average Bonchev–Trinajstić information content (AvgIpc) is 2.89. The maximum atomic E-state index is 6.17. The number of halogens is 2. The number of benzene rings is 1. The topological polar surface area (TPSA) is 53.6 Å². The fourth-order valence-corrected chi connectivity index (χ4v) is 2.84. The van der Waals surface area contributed by atoms with Gasteiger partial charge in [0.25, 0.3) is 0 Å². The number of piperidine rings is 1. The molecule has 0 atom stereocenters. The number of hydrogen-bond donors (Lipinski definition) is 2. The Hall–Kier alpha value is -1.10. The zero-order chi connectivity index (χ0) is 13.2. The molecule has 2 N–H and O–H groups in total. The van der Waals surface area contributed by atoms with Crippen molar-refractivity contribution >= 4 is 23.2 Å². The van der Waals surface area contributed by atoms with Crippen molar-refractivity contribution in [2.75, 3.05) is 13.1 Å². The van der Waals surface area contributed by atoms with Gasteiger partial charge in [-0.05, 0) is 44.1 Å². The molecular formula is C13H14Cl2N4. The summed E-state index contributed by atoms with van der Waals surface area (Å²) in [6.07, 6.45) is 2.17. The molecule has 1 aromatic heterocycles. The molecule has 2 aromatic rings. The largest absolute Gasteiger partial charge is 0.317 e. The van der Waals surface area contributed by atoms with E-state index < -0.39 is 0 Å². The lowest BCUT2D eigenvalue weighted by Crippen LogP contribution is -2.27. The van der Waals surface area contributed by atoms with Crippen molar-refractivity contribution in [2.24, 2.45) is 0 Å². The van der Waals surface area contributed by atoms with E-state index in [9.17, 15) is 0 Å². The first-order chi connectivity index (χ1) is 9.24.